The molecule has 2 heteroatoms. The number of hydrogen-bond acceptors (Lipinski definition) is 1. The Kier molecular flexibility index (Phi) is 4.13. The van der Waals surface area contributed by atoms with Gasteiger partial charge in [0.25, 0.3) is 0 Å². The summed E-state index contributed by atoms with van der Waals surface area (Å²) in [5.41, 5.74) is 1.09. The molecule has 0 radical (unpaired) electrons. The molecule has 6 heavy (non-hydrogen) atoms. The summed E-state index contributed by atoms with van der Waals surface area (Å²) in [4.78, 5) is 0. The van der Waals surface area contributed by atoms with Crippen molar-refractivity contribution in [2.45, 2.75) is 6.92 Å². The normalized spacial score (nSPS) is 8.00. The van der Waals surface area contributed by atoms with E-state index in [0.717, 1.165) is 37.3 Å². The van der Waals surface area contributed by atoms with Crippen LogP contribution in [0.3, 0.4) is 0 Å². The molecular formula is C4H7OZr. The van der Waals surface area contributed by atoms with Gasteiger partial charge in [-0.25, -0.2) is 0 Å². The maximum atomic E-state index is 4.79. The first-order valence-electron chi connectivity index (χ1n) is 1.70. The fourth-order valence-corrected chi connectivity index (χ4v) is 0.729. The van der Waals surface area contributed by atoms with E-state index < -0.39 is 0 Å². The molecule has 33 valence electrons. The van der Waals surface area contributed by atoms with E-state index >= 15 is 0 Å². The van der Waals surface area contributed by atoms with E-state index in [-0.39, 0.29) is 0 Å². The van der Waals surface area contributed by atoms with Crippen molar-refractivity contribution >= 4 is 0 Å². The van der Waals surface area contributed by atoms with E-state index in [9.17, 15) is 0 Å². The van der Waals surface area contributed by atoms with Crippen LogP contribution in [0.1, 0.15) is 6.92 Å². The molecule has 0 heterocycles. The monoisotopic (exact) mass is 161 g/mol. The third-order valence-corrected chi connectivity index (χ3v) is 0.673. The second kappa shape index (κ2) is 3.76. The molecular weight excluding hydrogens is 155 g/mol. The Morgan fingerprint density at radius 1 is 2.00 bits per heavy atom. The standard InChI is InChI=1S/C4H7O.Zr/c1-4(2)3-5;/h1,3H2,2H3;/q-1;+1. The van der Waals surface area contributed by atoms with Gasteiger partial charge in [-0.3, -0.25) is 0 Å². The van der Waals surface area contributed by atoms with Gasteiger partial charge in [-0.05, 0) is 0 Å². The Hall–Kier alpha value is 0.583. The van der Waals surface area contributed by atoms with Gasteiger partial charge in [0.1, 0.15) is 0 Å². The van der Waals surface area contributed by atoms with Gasteiger partial charge >= 0.3 is 53.7 Å². The van der Waals surface area contributed by atoms with E-state index in [1.54, 1.807) is 0 Å². The number of rotatable bonds is 2. The second-order valence-corrected chi connectivity index (χ2v) is 1.96. The van der Waals surface area contributed by atoms with Crippen molar-refractivity contribution in [3.63, 3.8) is 0 Å². The molecule has 0 fully saturated rings. The van der Waals surface area contributed by atoms with Crippen LogP contribution in [-0.4, -0.2) is 6.61 Å². The molecule has 0 aromatic heterocycles. The Balaban J connectivity index is 2.83. The quantitative estimate of drug-likeness (QED) is 0.551. The molecule has 0 aliphatic heterocycles. The first-order valence-corrected chi connectivity index (χ1v) is 2.70. The summed E-state index contributed by atoms with van der Waals surface area (Å²) in [6.45, 7) is 6.30. The molecule has 0 spiro atoms. The zero-order valence-electron chi connectivity index (χ0n) is 3.82. The summed E-state index contributed by atoms with van der Waals surface area (Å²) in [5, 5.41) is 0. The van der Waals surface area contributed by atoms with Gasteiger partial charge in [-0.2, -0.15) is 0 Å². The van der Waals surface area contributed by atoms with Crippen molar-refractivity contribution in [1.29, 1.82) is 0 Å². The van der Waals surface area contributed by atoms with Crippen LogP contribution in [0, 0.1) is 0 Å². The van der Waals surface area contributed by atoms with Crippen molar-refractivity contribution in [3.8, 4) is 0 Å². The predicted octanol–water partition coefficient (Wildman–Crippen LogP) is 1.04. The van der Waals surface area contributed by atoms with Crippen LogP contribution >= 0.6 is 0 Å². The summed E-state index contributed by atoms with van der Waals surface area (Å²) in [6.07, 6.45) is 0. The summed E-state index contributed by atoms with van der Waals surface area (Å²) < 4.78 is 4.79. The van der Waals surface area contributed by atoms with Crippen LogP contribution < -0.4 is 0 Å². The van der Waals surface area contributed by atoms with E-state index in [4.69, 9.17) is 2.81 Å². The van der Waals surface area contributed by atoms with Gasteiger partial charge in [0.15, 0.2) is 0 Å². The van der Waals surface area contributed by atoms with Crippen LogP contribution in [0.2, 0.25) is 0 Å². The zero-order valence-corrected chi connectivity index (χ0v) is 6.28. The topological polar surface area (TPSA) is 9.23 Å². The third-order valence-electron chi connectivity index (χ3n) is 0.319. The molecule has 0 unspecified atom stereocenters. The van der Waals surface area contributed by atoms with Gasteiger partial charge in [-0.15, -0.1) is 0 Å². The molecule has 0 aliphatic carbocycles. The van der Waals surface area contributed by atoms with Crippen LogP contribution in [0.5, 0.6) is 0 Å². The molecule has 0 atom stereocenters. The van der Waals surface area contributed by atoms with Crippen molar-refractivity contribution in [1.82, 2.24) is 0 Å². The minimum atomic E-state index is 0.721. The fraction of sp³-hybridized carbons (Fsp3) is 0.500. The van der Waals surface area contributed by atoms with Gasteiger partial charge in [0, 0.05) is 0 Å². The van der Waals surface area contributed by atoms with Crippen LogP contribution in [0.4, 0.5) is 0 Å². The molecule has 0 saturated heterocycles. The minimum absolute atomic E-state index is 0.721. The van der Waals surface area contributed by atoms with Gasteiger partial charge < -0.3 is 0 Å². The van der Waals surface area contributed by atoms with Crippen molar-refractivity contribution < 1.29 is 28.0 Å². The maximum absolute atomic E-state index is 4.79. The second-order valence-electron chi connectivity index (χ2n) is 1.25. The van der Waals surface area contributed by atoms with Gasteiger partial charge in [-0.1, -0.05) is 0 Å². The molecule has 0 rings (SSSR count). The van der Waals surface area contributed by atoms with E-state index in [0.29, 0.717) is 0 Å². The first-order chi connectivity index (χ1) is 2.77. The summed E-state index contributed by atoms with van der Waals surface area (Å²) >= 11 is 1.12. The van der Waals surface area contributed by atoms with Crippen LogP contribution in [0.25, 0.3) is 0 Å². The third kappa shape index (κ3) is 4.58. The number of hydrogen-bond donors (Lipinski definition) is 0. The Morgan fingerprint density at radius 3 is 2.50 bits per heavy atom. The average molecular weight is 162 g/mol. The Morgan fingerprint density at radius 2 is 2.50 bits per heavy atom. The fourth-order valence-electron chi connectivity index (χ4n) is 0.123. The molecule has 0 aliphatic rings. The molecule has 1 nitrogen and oxygen atoms in total. The molecule has 0 bridgehead atoms. The summed E-state index contributed by atoms with van der Waals surface area (Å²) in [5.74, 6) is 0. The van der Waals surface area contributed by atoms with E-state index in [1.165, 1.54) is 0 Å². The average Bonchev–Trinajstić information content (AvgIpc) is 1.35. The van der Waals surface area contributed by atoms with Crippen LogP contribution in [0.15, 0.2) is 12.2 Å². The van der Waals surface area contributed by atoms with Crippen molar-refractivity contribution in [2.75, 3.05) is 6.61 Å². The zero-order chi connectivity index (χ0) is 4.99. The molecule has 0 N–H and O–H groups in total. The SMILES string of the molecule is C=C(C)C[O][Zr]. The summed E-state index contributed by atoms with van der Waals surface area (Å²) in [7, 11) is 0. The van der Waals surface area contributed by atoms with E-state index in [1.807, 2.05) is 6.92 Å². The summed E-state index contributed by atoms with van der Waals surface area (Å²) in [6, 6.07) is 0. The Bertz CT molecular complexity index is 51.5. The van der Waals surface area contributed by atoms with Crippen molar-refractivity contribution in [2.24, 2.45) is 0 Å². The van der Waals surface area contributed by atoms with Gasteiger partial charge in [0.2, 0.25) is 0 Å². The Labute approximate surface area is 53.8 Å². The molecule has 0 saturated carbocycles. The van der Waals surface area contributed by atoms with Crippen LogP contribution in [-0.2, 0) is 28.0 Å². The first kappa shape index (κ1) is 6.58. The van der Waals surface area contributed by atoms with Gasteiger partial charge in [0.05, 0.1) is 0 Å². The van der Waals surface area contributed by atoms with Crippen molar-refractivity contribution in [3.05, 3.63) is 12.2 Å². The molecule has 0 aromatic carbocycles. The molecule has 0 amide bonds. The van der Waals surface area contributed by atoms with E-state index in [2.05, 4.69) is 6.58 Å². The predicted molar refractivity (Wildman–Crippen MR) is 20.8 cm³/mol. The molecule has 0 aromatic rings.